The summed E-state index contributed by atoms with van der Waals surface area (Å²) in [6.45, 7) is 9.51. The lowest BCUT2D eigenvalue weighted by Gasteiger charge is -2.51. The third-order valence-corrected chi connectivity index (χ3v) is 21.5. The van der Waals surface area contributed by atoms with Crippen LogP contribution in [0.2, 0.25) is 20.4 Å². The molecule has 0 radical (unpaired) electrons. The minimum absolute atomic E-state index is 0. The Bertz CT molecular complexity index is 3360. The van der Waals surface area contributed by atoms with E-state index in [1.54, 1.807) is 36.4 Å². The second-order valence-corrected chi connectivity index (χ2v) is 28.1. The SMILES string of the molecule is CC1(C)CCC2(CC1)N[C@@H](C(=O)O)[C@H](c1ccnc(Cl)c1F)[C@]21C(=O)Nc2cc(Cl)ccc21.COC(=O)[C@@H]1CC[C@@H](CC(=O)[C@@H]2CC3(CCC(C)(C)CC3)[C@@]3(C(=O)Nc4cc(Cl)ccc43)[C@H]2c2ccnc(Cl)c2F)CO1.COC(=O)[C@@H]1CC[C@@H](N)CO1.Cl. The molecule has 4 aromatic rings. The van der Waals surface area contributed by atoms with Gasteiger partial charge in [-0.3, -0.25) is 24.5 Å². The van der Waals surface area contributed by atoms with Crippen molar-refractivity contribution in [2.45, 2.75) is 170 Å². The van der Waals surface area contributed by atoms with Crippen molar-refractivity contribution in [3.05, 3.63) is 115 Å². The predicted molar refractivity (Wildman–Crippen MR) is 330 cm³/mol. The van der Waals surface area contributed by atoms with E-state index in [1.165, 1.54) is 32.7 Å². The number of carboxylic acids is 1. The molecule has 2 amide bonds. The number of fused-ring (bicyclic) bond motifs is 6. The largest absolute Gasteiger partial charge is 0.480 e. The summed E-state index contributed by atoms with van der Waals surface area (Å²) in [7, 11) is 2.69. The number of nitrogens with two attached hydrogens (primary N) is 1. The van der Waals surface area contributed by atoms with Crippen molar-refractivity contribution in [1.82, 2.24) is 15.3 Å². The maximum atomic E-state index is 16.1. The van der Waals surface area contributed by atoms with Crippen LogP contribution in [-0.4, -0.2) is 108 Å². The number of halogens is 7. The standard InChI is InChI=1S/C33H37Cl2FN2O5.C24H24Cl2FN3O3.C7H13NO3.ClH/c1-31(2)9-11-32(12-10-31)16-21(24(39)14-18-4-7-25(43-17-18)29(40)42-3)26(20-8-13-37-28(35)27(20)36)33(32)22-6-5-19(34)15-23(22)38-30(33)41;1-22(2)6-8-23(9-7-22)24(14-4-3-12(25)11-15(14)29-21(24)33)16(18(30-23)20(31)32)13-5-10-28-19(26)17(13)27;1-10-7(9)6-3-2-5(8)4-11-6;/h5-6,8,13,15,18,21,25-26H,4,7,9-12,14,16-17H2,1-3H3,(H,38,41);3-5,10-11,16,18,30H,6-9H2,1-2H3,(H,29,33)(H,31,32);5-6H,2-4,8H2,1H3;1H/t18-,21-,25-,26-,33+;16-,18+,24+;5-,6+;/m001./s1. The van der Waals surface area contributed by atoms with Crippen molar-refractivity contribution >= 4 is 106 Å². The normalized spacial score (nSPS) is 29.9. The second-order valence-electron chi connectivity index (χ2n) is 26.5. The molecule has 3 saturated heterocycles. The van der Waals surface area contributed by atoms with E-state index in [-0.39, 0.29) is 99.3 Å². The minimum atomic E-state index is -1.36. The summed E-state index contributed by atoms with van der Waals surface area (Å²) < 4.78 is 51.7. The van der Waals surface area contributed by atoms with E-state index in [4.69, 9.17) is 66.3 Å². The number of nitrogens with zero attached hydrogens (tertiary/aromatic N) is 2. The van der Waals surface area contributed by atoms with Crippen molar-refractivity contribution in [2.75, 3.05) is 38.1 Å². The summed E-state index contributed by atoms with van der Waals surface area (Å²) in [4.78, 5) is 86.2. The van der Waals surface area contributed by atoms with Gasteiger partial charge in [0.1, 0.15) is 17.2 Å². The Morgan fingerprint density at radius 2 is 1.15 bits per heavy atom. The molecule has 3 aliphatic carbocycles. The molecule has 0 bridgehead atoms. The van der Waals surface area contributed by atoms with Gasteiger partial charge in [0.25, 0.3) is 0 Å². The number of pyridine rings is 2. The Morgan fingerprint density at radius 1 is 0.670 bits per heavy atom. The van der Waals surface area contributed by atoms with Gasteiger partial charge in [0.2, 0.25) is 11.8 Å². The van der Waals surface area contributed by atoms with E-state index in [9.17, 15) is 33.9 Å². The zero-order chi connectivity index (χ0) is 62.8. The number of amides is 2. The van der Waals surface area contributed by atoms with Crippen molar-refractivity contribution in [3.8, 4) is 0 Å². The summed E-state index contributed by atoms with van der Waals surface area (Å²) in [6, 6.07) is 12.4. The number of rotatable bonds is 8. The lowest BCUT2D eigenvalue weighted by Crippen LogP contribution is -2.61. The number of carbonyl (C=O) groups is 6. The predicted octanol–water partition coefficient (Wildman–Crippen LogP) is 12.0. The molecule has 5 aliphatic heterocycles. The van der Waals surface area contributed by atoms with E-state index in [0.29, 0.717) is 72.1 Å². The average Bonchev–Trinajstić information content (AvgIpc) is 1.53. The van der Waals surface area contributed by atoms with E-state index >= 15 is 8.78 Å². The third kappa shape index (κ3) is 11.8. The van der Waals surface area contributed by atoms with Crippen molar-refractivity contribution in [2.24, 2.45) is 33.8 Å². The Labute approximate surface area is 536 Å². The van der Waals surface area contributed by atoms with Gasteiger partial charge in [-0.05, 0) is 164 Å². The Balaban J connectivity index is 0.000000181. The first-order valence-corrected chi connectivity index (χ1v) is 31.2. The lowest BCUT2D eigenvalue weighted by atomic mass is 9.51. The molecule has 3 saturated carbocycles. The van der Waals surface area contributed by atoms with E-state index in [0.717, 1.165) is 50.5 Å². The maximum absolute atomic E-state index is 16.1. The first-order chi connectivity index (χ1) is 41.2. The molecular weight excluding hydrogens is 1240 g/mol. The van der Waals surface area contributed by atoms with Crippen LogP contribution in [0.15, 0.2) is 60.9 Å². The molecule has 4 spiro atoms. The number of ether oxygens (including phenoxy) is 4. The molecule has 6 N–H and O–H groups in total. The van der Waals surface area contributed by atoms with Crippen LogP contribution in [0.3, 0.4) is 0 Å². The number of carboxylic acid groups (broad SMARTS) is 1. The van der Waals surface area contributed by atoms with Crippen molar-refractivity contribution in [3.63, 3.8) is 0 Å². The van der Waals surface area contributed by atoms with Crippen LogP contribution in [0.25, 0.3) is 0 Å². The fourth-order valence-electron chi connectivity index (χ4n) is 16.0. The number of aromatic nitrogens is 2. The zero-order valence-corrected chi connectivity index (χ0v) is 53.7. The van der Waals surface area contributed by atoms with Crippen LogP contribution in [0.1, 0.15) is 152 Å². The molecular formula is C64H75Cl5F2N6O11. The number of methoxy groups -OCH3 is 2. The number of anilines is 2. The van der Waals surface area contributed by atoms with Crippen LogP contribution < -0.4 is 21.7 Å². The van der Waals surface area contributed by atoms with Gasteiger partial charge in [0, 0.05) is 69.6 Å². The summed E-state index contributed by atoms with van der Waals surface area (Å²) in [6.07, 6.45) is 11.0. The fraction of sp³-hybridized carbons (Fsp3) is 0.562. The quantitative estimate of drug-likeness (QED) is 0.0813. The average molecular weight is 1320 g/mol. The van der Waals surface area contributed by atoms with Crippen LogP contribution in [0.5, 0.6) is 0 Å². The molecule has 17 nitrogen and oxygen atoms in total. The fourth-order valence-corrected chi connectivity index (χ4v) is 16.7. The molecule has 10 atom stereocenters. The van der Waals surface area contributed by atoms with Gasteiger partial charge in [-0.25, -0.2) is 28.3 Å². The Hall–Kier alpha value is -5.09. The molecule has 0 unspecified atom stereocenters. The highest BCUT2D eigenvalue weighted by Gasteiger charge is 2.74. The topological polar surface area (TPSA) is 247 Å². The number of hydrogen-bond donors (Lipinski definition) is 5. The second kappa shape index (κ2) is 25.9. The first kappa shape index (κ1) is 67.3. The van der Waals surface area contributed by atoms with Gasteiger partial charge in [0.05, 0.1) is 32.8 Å². The van der Waals surface area contributed by atoms with Crippen LogP contribution in [-0.2, 0) is 58.5 Å². The smallest absolute Gasteiger partial charge is 0.334 e. The number of carbonyl (C=O) groups excluding carboxylic acids is 5. The van der Waals surface area contributed by atoms with E-state index in [1.807, 2.05) is 6.07 Å². The maximum Gasteiger partial charge on any atom is 0.334 e. The van der Waals surface area contributed by atoms with Crippen LogP contribution >= 0.6 is 58.8 Å². The Kier molecular flexibility index (Phi) is 19.8. The summed E-state index contributed by atoms with van der Waals surface area (Å²) in [5.41, 5.74) is 4.48. The number of aliphatic carboxylic acids is 1. The number of ketones is 1. The Morgan fingerprint density at radius 3 is 1.62 bits per heavy atom. The molecule has 6 fully saturated rings. The zero-order valence-electron chi connectivity index (χ0n) is 49.9. The number of hydrogen-bond acceptors (Lipinski definition) is 14. The molecule has 2 aromatic heterocycles. The first-order valence-electron chi connectivity index (χ1n) is 29.7. The minimum Gasteiger partial charge on any atom is -0.480 e. The summed E-state index contributed by atoms with van der Waals surface area (Å²) >= 11 is 24.9. The van der Waals surface area contributed by atoms with E-state index < -0.39 is 75.3 Å². The summed E-state index contributed by atoms with van der Waals surface area (Å²) in [5, 5.41) is 19.9. The highest BCUT2D eigenvalue weighted by Crippen LogP contribution is 2.73. The van der Waals surface area contributed by atoms with Gasteiger partial charge >= 0.3 is 17.9 Å². The lowest BCUT2D eigenvalue weighted by molar-refractivity contribution is -0.159. The molecule has 12 rings (SSSR count). The number of benzene rings is 2. The van der Waals surface area contributed by atoms with Gasteiger partial charge in [-0.1, -0.05) is 86.2 Å². The molecule has 7 heterocycles. The van der Waals surface area contributed by atoms with Gasteiger partial charge in [-0.15, -0.1) is 12.4 Å². The number of esters is 2. The molecule has 24 heteroatoms. The van der Waals surface area contributed by atoms with Gasteiger partial charge in [-0.2, -0.15) is 0 Å². The number of nitrogens with one attached hydrogen (secondary N) is 3. The molecule has 8 aliphatic rings. The third-order valence-electron chi connectivity index (χ3n) is 20.5. The van der Waals surface area contributed by atoms with Crippen LogP contribution in [0.4, 0.5) is 20.2 Å². The summed E-state index contributed by atoms with van der Waals surface area (Å²) in [5.74, 6) is -6.54. The molecule has 476 valence electrons. The highest BCUT2D eigenvalue weighted by atomic mass is 35.5. The number of Topliss-reactive ketones (excluding diaryl/α,β-unsaturated/α-hetero) is 1. The monoisotopic (exact) mass is 1320 g/mol. The highest BCUT2D eigenvalue weighted by molar-refractivity contribution is 6.32. The van der Waals surface area contributed by atoms with Gasteiger partial charge < -0.3 is 40.4 Å². The van der Waals surface area contributed by atoms with E-state index in [2.05, 4.69) is 58.4 Å². The molecule has 2 aromatic carbocycles. The van der Waals surface area contributed by atoms with Crippen LogP contribution in [0, 0.1) is 39.7 Å². The van der Waals surface area contributed by atoms with Crippen molar-refractivity contribution < 1.29 is 61.6 Å². The van der Waals surface area contributed by atoms with Gasteiger partial charge in [0.15, 0.2) is 34.1 Å². The molecule has 88 heavy (non-hydrogen) atoms. The van der Waals surface area contributed by atoms with Crippen molar-refractivity contribution in [1.29, 1.82) is 0 Å².